The van der Waals surface area contributed by atoms with Crippen LogP contribution in [-0.4, -0.2) is 24.4 Å². The largest absolute Gasteiger partial charge is 0.354 e. The highest BCUT2D eigenvalue weighted by atomic mass is 16.2. The zero-order valence-corrected chi connectivity index (χ0v) is 11.5. The first-order valence-corrected chi connectivity index (χ1v) is 6.75. The second-order valence-electron chi connectivity index (χ2n) is 5.21. The standard InChI is InChI=1S/C15H20N2O2/c1-11(2)16-14(18)10-12-5-7-13(8-6-12)17-9-3-4-15(17)19/h5-8,11H,3-4,9-10H2,1-2H3,(H,16,18). The molecule has 0 unspecified atom stereocenters. The Bertz CT molecular complexity index is 466. The third-order valence-corrected chi connectivity index (χ3v) is 3.14. The van der Waals surface area contributed by atoms with Crippen LogP contribution in [0.15, 0.2) is 24.3 Å². The van der Waals surface area contributed by atoms with Gasteiger partial charge in [-0.25, -0.2) is 0 Å². The van der Waals surface area contributed by atoms with Crippen LogP contribution in [0.25, 0.3) is 0 Å². The molecule has 1 aromatic carbocycles. The van der Waals surface area contributed by atoms with Crippen molar-refractivity contribution in [3.63, 3.8) is 0 Å². The highest BCUT2D eigenvalue weighted by Crippen LogP contribution is 2.21. The quantitative estimate of drug-likeness (QED) is 0.898. The topological polar surface area (TPSA) is 49.4 Å². The van der Waals surface area contributed by atoms with E-state index in [0.29, 0.717) is 12.8 Å². The molecule has 102 valence electrons. The fraction of sp³-hybridized carbons (Fsp3) is 0.467. The number of rotatable bonds is 4. The number of hydrogen-bond donors (Lipinski definition) is 1. The van der Waals surface area contributed by atoms with Crippen molar-refractivity contribution in [2.75, 3.05) is 11.4 Å². The summed E-state index contributed by atoms with van der Waals surface area (Å²) >= 11 is 0. The first-order valence-electron chi connectivity index (χ1n) is 6.75. The predicted molar refractivity (Wildman–Crippen MR) is 75.0 cm³/mol. The minimum atomic E-state index is 0.0278. The highest BCUT2D eigenvalue weighted by molar-refractivity contribution is 5.95. The summed E-state index contributed by atoms with van der Waals surface area (Å²) < 4.78 is 0. The zero-order valence-electron chi connectivity index (χ0n) is 11.5. The van der Waals surface area contributed by atoms with Crippen LogP contribution < -0.4 is 10.2 Å². The van der Waals surface area contributed by atoms with Crippen molar-refractivity contribution in [3.8, 4) is 0 Å². The molecule has 4 nitrogen and oxygen atoms in total. The lowest BCUT2D eigenvalue weighted by Crippen LogP contribution is -2.31. The molecule has 0 spiro atoms. The maximum absolute atomic E-state index is 11.6. The summed E-state index contributed by atoms with van der Waals surface area (Å²) in [7, 11) is 0. The fourth-order valence-electron chi connectivity index (χ4n) is 2.27. The molecule has 1 N–H and O–H groups in total. The molecule has 2 amide bonds. The normalized spacial score (nSPS) is 15.1. The average Bonchev–Trinajstić information content (AvgIpc) is 2.75. The third kappa shape index (κ3) is 3.56. The lowest BCUT2D eigenvalue weighted by atomic mass is 10.1. The number of carbonyl (C=O) groups is 2. The summed E-state index contributed by atoms with van der Waals surface area (Å²) in [6, 6.07) is 7.83. The van der Waals surface area contributed by atoms with Crippen molar-refractivity contribution in [2.45, 2.75) is 39.2 Å². The van der Waals surface area contributed by atoms with Gasteiger partial charge in [-0.3, -0.25) is 9.59 Å². The Morgan fingerprint density at radius 3 is 2.53 bits per heavy atom. The molecular weight excluding hydrogens is 240 g/mol. The van der Waals surface area contributed by atoms with Gasteiger partial charge < -0.3 is 10.2 Å². The monoisotopic (exact) mass is 260 g/mol. The van der Waals surface area contributed by atoms with Gasteiger partial charge in [0.15, 0.2) is 0 Å². The number of anilines is 1. The van der Waals surface area contributed by atoms with Gasteiger partial charge in [-0.05, 0) is 38.0 Å². The van der Waals surface area contributed by atoms with Crippen LogP contribution in [0.3, 0.4) is 0 Å². The Hall–Kier alpha value is -1.84. The van der Waals surface area contributed by atoms with E-state index < -0.39 is 0 Å². The van der Waals surface area contributed by atoms with Gasteiger partial charge in [-0.1, -0.05) is 12.1 Å². The van der Waals surface area contributed by atoms with E-state index in [1.165, 1.54) is 0 Å². The molecule has 1 fully saturated rings. The maximum atomic E-state index is 11.6. The van der Waals surface area contributed by atoms with Crippen LogP contribution in [0.4, 0.5) is 5.69 Å². The van der Waals surface area contributed by atoms with Crippen molar-refractivity contribution in [3.05, 3.63) is 29.8 Å². The van der Waals surface area contributed by atoms with Crippen LogP contribution in [-0.2, 0) is 16.0 Å². The summed E-state index contributed by atoms with van der Waals surface area (Å²) in [5.74, 6) is 0.213. The van der Waals surface area contributed by atoms with Gasteiger partial charge in [0.25, 0.3) is 0 Å². The van der Waals surface area contributed by atoms with Crippen LogP contribution in [0.2, 0.25) is 0 Å². The van der Waals surface area contributed by atoms with Gasteiger partial charge in [-0.15, -0.1) is 0 Å². The van der Waals surface area contributed by atoms with E-state index in [9.17, 15) is 9.59 Å². The van der Waals surface area contributed by atoms with Crippen molar-refractivity contribution >= 4 is 17.5 Å². The van der Waals surface area contributed by atoms with Crippen LogP contribution in [0.5, 0.6) is 0 Å². The fourth-order valence-corrected chi connectivity index (χ4v) is 2.27. The van der Waals surface area contributed by atoms with Gasteiger partial charge in [0.1, 0.15) is 0 Å². The number of benzene rings is 1. The number of nitrogens with zero attached hydrogens (tertiary/aromatic N) is 1. The third-order valence-electron chi connectivity index (χ3n) is 3.14. The molecule has 0 atom stereocenters. The first kappa shape index (κ1) is 13.6. The zero-order chi connectivity index (χ0) is 13.8. The Kier molecular flexibility index (Phi) is 4.20. The lowest BCUT2D eigenvalue weighted by molar-refractivity contribution is -0.121. The summed E-state index contributed by atoms with van der Waals surface area (Å²) in [4.78, 5) is 25.1. The minimum absolute atomic E-state index is 0.0278. The minimum Gasteiger partial charge on any atom is -0.354 e. The molecule has 0 aliphatic carbocycles. The Balaban J connectivity index is 1.98. The Labute approximate surface area is 113 Å². The van der Waals surface area contributed by atoms with Crippen molar-refractivity contribution < 1.29 is 9.59 Å². The Morgan fingerprint density at radius 2 is 2.00 bits per heavy atom. The van der Waals surface area contributed by atoms with E-state index in [1.807, 2.05) is 38.1 Å². The van der Waals surface area contributed by atoms with Crippen molar-refractivity contribution in [1.82, 2.24) is 5.32 Å². The van der Waals surface area contributed by atoms with Crippen LogP contribution in [0.1, 0.15) is 32.3 Å². The number of nitrogens with one attached hydrogen (secondary N) is 1. The van der Waals surface area contributed by atoms with Gasteiger partial charge in [0, 0.05) is 24.7 Å². The molecule has 1 aromatic rings. The van der Waals surface area contributed by atoms with E-state index >= 15 is 0 Å². The molecule has 0 bridgehead atoms. The second kappa shape index (κ2) is 5.87. The van der Waals surface area contributed by atoms with Gasteiger partial charge in [0.05, 0.1) is 6.42 Å². The number of amides is 2. The molecule has 1 aliphatic heterocycles. The Morgan fingerprint density at radius 1 is 1.32 bits per heavy atom. The van der Waals surface area contributed by atoms with Crippen LogP contribution in [0, 0.1) is 0 Å². The molecule has 19 heavy (non-hydrogen) atoms. The molecule has 1 saturated heterocycles. The predicted octanol–water partition coefficient (Wildman–Crippen LogP) is 1.88. The van der Waals surface area contributed by atoms with E-state index in [0.717, 1.165) is 24.2 Å². The van der Waals surface area contributed by atoms with E-state index in [1.54, 1.807) is 4.90 Å². The highest BCUT2D eigenvalue weighted by Gasteiger charge is 2.21. The van der Waals surface area contributed by atoms with Gasteiger partial charge in [-0.2, -0.15) is 0 Å². The summed E-state index contributed by atoms with van der Waals surface area (Å²) in [5, 5.41) is 2.86. The SMILES string of the molecule is CC(C)NC(=O)Cc1ccc(N2CCCC2=O)cc1. The second-order valence-corrected chi connectivity index (χ2v) is 5.21. The van der Waals surface area contributed by atoms with Crippen molar-refractivity contribution in [2.24, 2.45) is 0 Å². The molecule has 0 saturated carbocycles. The molecule has 1 heterocycles. The maximum Gasteiger partial charge on any atom is 0.227 e. The molecule has 4 heteroatoms. The van der Waals surface area contributed by atoms with E-state index in [2.05, 4.69) is 5.32 Å². The number of carbonyl (C=O) groups excluding carboxylic acids is 2. The van der Waals surface area contributed by atoms with E-state index in [4.69, 9.17) is 0 Å². The van der Waals surface area contributed by atoms with Crippen LogP contribution >= 0.6 is 0 Å². The van der Waals surface area contributed by atoms with E-state index in [-0.39, 0.29) is 17.9 Å². The van der Waals surface area contributed by atoms with Gasteiger partial charge >= 0.3 is 0 Å². The summed E-state index contributed by atoms with van der Waals surface area (Å²) in [5.41, 5.74) is 1.89. The molecular formula is C15H20N2O2. The first-order chi connectivity index (χ1) is 9.06. The number of hydrogen-bond acceptors (Lipinski definition) is 2. The average molecular weight is 260 g/mol. The summed E-state index contributed by atoms with van der Waals surface area (Å²) in [6.07, 6.45) is 1.95. The van der Waals surface area contributed by atoms with Gasteiger partial charge in [0.2, 0.25) is 11.8 Å². The smallest absolute Gasteiger partial charge is 0.227 e. The molecule has 2 rings (SSSR count). The lowest BCUT2D eigenvalue weighted by Gasteiger charge is -2.16. The van der Waals surface area contributed by atoms with Crippen molar-refractivity contribution in [1.29, 1.82) is 0 Å². The molecule has 0 radical (unpaired) electrons. The molecule has 1 aliphatic rings. The summed E-state index contributed by atoms with van der Waals surface area (Å²) in [6.45, 7) is 4.69. The molecule has 0 aromatic heterocycles.